The molecule has 1 atom stereocenters. The molecule has 0 radical (unpaired) electrons. The van der Waals surface area contributed by atoms with Crippen LogP contribution in [0.5, 0.6) is 0 Å². The molecule has 0 N–H and O–H groups in total. The van der Waals surface area contributed by atoms with Crippen LogP contribution in [0.2, 0.25) is 0 Å². The molecule has 6 rings (SSSR count). The topological polar surface area (TPSA) is 0 Å². The molecule has 0 bridgehead atoms. The normalized spacial score (nSPS) is 16.1. The van der Waals surface area contributed by atoms with Crippen molar-refractivity contribution in [2.24, 2.45) is 0 Å². The van der Waals surface area contributed by atoms with Crippen molar-refractivity contribution in [1.82, 2.24) is 0 Å². The molecule has 204 valence electrons. The maximum atomic E-state index is 7.90. The van der Waals surface area contributed by atoms with Gasteiger partial charge in [0.25, 0.3) is 0 Å². The van der Waals surface area contributed by atoms with Crippen molar-refractivity contribution in [1.29, 1.82) is 0 Å². The Morgan fingerprint density at radius 3 is 2.30 bits per heavy atom. The summed E-state index contributed by atoms with van der Waals surface area (Å²) in [5.74, 6) is 0. The number of fused-ring (bicyclic) bond motifs is 4. The first kappa shape index (κ1) is 28.4. The molecule has 1 unspecified atom stereocenters. The number of allylic oxidation sites excluding steroid dienone is 1. The minimum atomic E-state index is -3.97. The second-order valence-electron chi connectivity index (χ2n) is 11.8. The van der Waals surface area contributed by atoms with Crippen molar-refractivity contribution in [3.05, 3.63) is 106 Å². The van der Waals surface area contributed by atoms with Crippen LogP contribution in [0.25, 0.3) is 28.3 Å². The molecule has 0 saturated heterocycles. The third kappa shape index (κ3) is 4.98. The molecule has 4 aromatic rings. The van der Waals surface area contributed by atoms with E-state index in [-0.39, 0.29) is 3.63 Å². The Morgan fingerprint density at radius 2 is 1.55 bits per heavy atom. The van der Waals surface area contributed by atoms with E-state index in [0.29, 0.717) is 0 Å². The molecule has 0 nitrogen and oxygen atoms in total. The molecule has 2 aliphatic rings. The first-order valence-corrected chi connectivity index (χ1v) is 25.3. The van der Waals surface area contributed by atoms with Gasteiger partial charge in [0.1, 0.15) is 0 Å². The summed E-state index contributed by atoms with van der Waals surface area (Å²) < 4.78 is 1.47. The number of aryl methyl sites for hydroxylation is 3. The number of unbranched alkanes of at least 4 members (excludes halogenated alkanes) is 1. The fourth-order valence-corrected chi connectivity index (χ4v) is 24.0. The van der Waals surface area contributed by atoms with E-state index in [1.54, 1.807) is 0 Å². The zero-order valence-electron chi connectivity index (χ0n) is 24.1. The summed E-state index contributed by atoms with van der Waals surface area (Å²) in [5.41, 5.74) is 13.8. The van der Waals surface area contributed by atoms with Gasteiger partial charge in [-0.05, 0) is 0 Å². The Bertz CT molecular complexity index is 1610. The summed E-state index contributed by atoms with van der Waals surface area (Å²) in [6.45, 7) is 8.98. The van der Waals surface area contributed by atoms with Crippen LogP contribution < -0.4 is 13.6 Å². The fourth-order valence-electron chi connectivity index (χ4n) is 7.14. The summed E-state index contributed by atoms with van der Waals surface area (Å²) >= 11 is -3.97. The van der Waals surface area contributed by atoms with Crippen molar-refractivity contribution >= 4 is 46.3 Å². The van der Waals surface area contributed by atoms with Gasteiger partial charge in [-0.15, -0.1) is 0 Å². The van der Waals surface area contributed by atoms with Gasteiger partial charge in [-0.2, -0.15) is 0 Å². The molecule has 0 aromatic heterocycles. The Kier molecular flexibility index (Phi) is 8.19. The van der Waals surface area contributed by atoms with Crippen molar-refractivity contribution in [2.45, 2.75) is 63.4 Å². The zero-order valence-corrected chi connectivity index (χ0v) is 29.5. The molecule has 40 heavy (non-hydrogen) atoms. The van der Waals surface area contributed by atoms with Gasteiger partial charge < -0.3 is 0 Å². The molecule has 0 spiro atoms. The number of rotatable bonds is 8. The van der Waals surface area contributed by atoms with Crippen molar-refractivity contribution in [3.63, 3.8) is 0 Å². The van der Waals surface area contributed by atoms with E-state index >= 15 is 0 Å². The molecule has 1 heterocycles. The quantitative estimate of drug-likeness (QED) is 0.147. The van der Waals surface area contributed by atoms with E-state index in [0.717, 1.165) is 19.3 Å². The molecule has 0 saturated carbocycles. The van der Waals surface area contributed by atoms with Crippen LogP contribution in [0.3, 0.4) is 0 Å². The summed E-state index contributed by atoms with van der Waals surface area (Å²) in [6, 6.07) is 27.5. The van der Waals surface area contributed by atoms with Crippen LogP contribution in [0.4, 0.5) is 0 Å². The Balaban J connectivity index is 1.54. The second-order valence-corrected chi connectivity index (χ2v) is 27.6. The predicted molar refractivity (Wildman–Crippen MR) is 177 cm³/mol. The summed E-state index contributed by atoms with van der Waals surface area (Å²) in [6.07, 6.45) is 8.11. The average molecular weight is 661 g/mol. The third-order valence-electron chi connectivity index (χ3n) is 8.80. The van der Waals surface area contributed by atoms with E-state index in [2.05, 4.69) is 107 Å². The van der Waals surface area contributed by atoms with E-state index in [9.17, 15) is 0 Å². The molecule has 0 fully saturated rings. The number of hydrogen-bond acceptors (Lipinski definition) is 0. The molecule has 4 aromatic carbocycles. The summed E-state index contributed by atoms with van der Waals surface area (Å²) in [5, 5.41) is 3.03. The Morgan fingerprint density at radius 1 is 0.800 bits per heavy atom. The van der Waals surface area contributed by atoms with Gasteiger partial charge in [-0.1, -0.05) is 0 Å². The van der Waals surface area contributed by atoms with E-state index in [4.69, 9.17) is 17.0 Å². The van der Waals surface area contributed by atoms with Crippen LogP contribution in [0.15, 0.2) is 78.4 Å². The van der Waals surface area contributed by atoms with E-state index in [1.165, 1.54) is 82.1 Å². The van der Waals surface area contributed by atoms with Crippen molar-refractivity contribution < 1.29 is 17.9 Å². The van der Waals surface area contributed by atoms with E-state index in [1.807, 2.05) is 0 Å². The van der Waals surface area contributed by atoms with Crippen molar-refractivity contribution in [3.8, 4) is 22.3 Å². The van der Waals surface area contributed by atoms with E-state index < -0.39 is 27.4 Å². The average Bonchev–Trinajstić information content (AvgIpc) is 3.50. The van der Waals surface area contributed by atoms with Gasteiger partial charge in [0.05, 0.1) is 0 Å². The van der Waals surface area contributed by atoms with Crippen LogP contribution >= 0.6 is 17.0 Å². The standard InChI is InChI=1S/C24H29.C12H9Si.2ClH.Zr/c1-5-7-9-19-15-21-11-10-20(8-6-2)24(23(21)16-19)22-13-17(3)12-18(4)14-22;1-3-7-11-9(5-1)10-6-2-4-8-12(10)13-11;;;/h10-16H,5-9H2,1-4H3;1-7H,13H2;2*1H;/q;;;;+2/p-2. The maximum absolute atomic E-state index is 7.90. The van der Waals surface area contributed by atoms with Gasteiger partial charge in [0, 0.05) is 0 Å². The number of hydrogen-bond donors (Lipinski definition) is 0. The molecule has 1 aliphatic heterocycles. The Labute approximate surface area is 254 Å². The van der Waals surface area contributed by atoms with Gasteiger partial charge in [-0.25, -0.2) is 0 Å². The molecular formula is C36H38Cl2SiZr. The monoisotopic (exact) mass is 658 g/mol. The van der Waals surface area contributed by atoms with Gasteiger partial charge in [0.2, 0.25) is 0 Å². The number of halogens is 2. The van der Waals surface area contributed by atoms with Gasteiger partial charge >= 0.3 is 256 Å². The Hall–Kier alpha value is -1.70. The molecule has 1 aliphatic carbocycles. The van der Waals surface area contributed by atoms with Crippen LogP contribution in [0, 0.1) is 13.8 Å². The van der Waals surface area contributed by atoms with Gasteiger partial charge in [0.15, 0.2) is 0 Å². The SMILES string of the molecule is CCCCC1=Cc2c(ccc(CCC)c2-c2cc(C)cc(C)c2)[CH]1[Zr]([Cl])([Cl])[c]1cccc2c1[SiH2]c1ccccc1-2. The van der Waals surface area contributed by atoms with Crippen molar-refractivity contribution in [2.75, 3.05) is 0 Å². The van der Waals surface area contributed by atoms with Crippen LogP contribution in [-0.4, -0.2) is 9.52 Å². The minimum absolute atomic E-state index is 0.142. The second kappa shape index (κ2) is 11.5. The van der Waals surface area contributed by atoms with Gasteiger partial charge in [-0.3, -0.25) is 0 Å². The predicted octanol–water partition coefficient (Wildman–Crippen LogP) is 8.44. The molecule has 4 heteroatoms. The summed E-state index contributed by atoms with van der Waals surface area (Å²) in [4.78, 5) is 0. The first-order chi connectivity index (χ1) is 19.3. The fraction of sp³-hybridized carbons (Fsp3) is 0.278. The zero-order chi connectivity index (χ0) is 28.0. The third-order valence-corrected chi connectivity index (χ3v) is 23.1. The van der Waals surface area contributed by atoms with Crippen LogP contribution in [0.1, 0.15) is 71.0 Å². The summed E-state index contributed by atoms with van der Waals surface area (Å²) in [7, 11) is 15.2. The molecular weight excluding hydrogens is 623 g/mol. The molecule has 0 amide bonds. The van der Waals surface area contributed by atoms with Crippen LogP contribution in [-0.2, 0) is 24.3 Å². The first-order valence-electron chi connectivity index (χ1n) is 14.9. The number of benzene rings is 4.